The molecule has 1 atom stereocenters. The largest absolute Gasteiger partial charge is 0.507 e. The molecule has 1 saturated heterocycles. The van der Waals surface area contributed by atoms with Crippen LogP contribution in [-0.2, 0) is 9.84 Å². The molecule has 0 aliphatic carbocycles. The van der Waals surface area contributed by atoms with Crippen LogP contribution in [0.5, 0.6) is 5.75 Å². The summed E-state index contributed by atoms with van der Waals surface area (Å²) in [6.07, 6.45) is 8.51. The molecular formula is C23H24N4O3S. The summed E-state index contributed by atoms with van der Waals surface area (Å²) in [6, 6.07) is 12.9. The Balaban J connectivity index is 1.65. The van der Waals surface area contributed by atoms with Crippen LogP contribution in [0.1, 0.15) is 18.4 Å². The van der Waals surface area contributed by atoms with E-state index in [-0.39, 0.29) is 17.7 Å². The van der Waals surface area contributed by atoms with Crippen molar-refractivity contribution in [3.63, 3.8) is 0 Å². The Bertz CT molecular complexity index is 1270. The van der Waals surface area contributed by atoms with Crippen LogP contribution < -0.4 is 5.32 Å². The average molecular weight is 437 g/mol. The lowest BCUT2D eigenvalue weighted by Crippen LogP contribution is -2.44. The lowest BCUT2D eigenvalue weighted by molar-refractivity contribution is 0.246. The van der Waals surface area contributed by atoms with Crippen LogP contribution in [0.4, 0.5) is 5.82 Å². The number of aromatic nitrogens is 2. The smallest absolute Gasteiger partial charge is 0.160 e. The predicted octanol–water partition coefficient (Wildman–Crippen LogP) is 2.86. The molecule has 8 heteroatoms. The van der Waals surface area contributed by atoms with E-state index in [0.29, 0.717) is 29.2 Å². The third kappa shape index (κ3) is 4.79. The maximum Gasteiger partial charge on any atom is 0.160 e. The van der Waals surface area contributed by atoms with Crippen molar-refractivity contribution in [3.05, 3.63) is 48.0 Å². The van der Waals surface area contributed by atoms with Gasteiger partial charge >= 0.3 is 0 Å². The van der Waals surface area contributed by atoms with Gasteiger partial charge in [0.1, 0.15) is 17.3 Å². The summed E-state index contributed by atoms with van der Waals surface area (Å²) in [4.78, 5) is 1.95. The van der Waals surface area contributed by atoms with E-state index in [2.05, 4.69) is 21.4 Å². The molecule has 2 N–H and O–H groups in total. The Labute approximate surface area is 182 Å². The summed E-state index contributed by atoms with van der Waals surface area (Å²) in [7, 11) is -3.07. The second kappa shape index (κ2) is 8.53. The molecule has 0 amide bonds. The molecule has 2 aromatic carbocycles. The van der Waals surface area contributed by atoms with E-state index < -0.39 is 9.84 Å². The predicted molar refractivity (Wildman–Crippen MR) is 123 cm³/mol. The normalized spacial score (nSPS) is 17.4. The summed E-state index contributed by atoms with van der Waals surface area (Å²) in [5.41, 5.74) is 1.73. The highest BCUT2D eigenvalue weighted by Gasteiger charge is 2.23. The molecule has 0 spiro atoms. The van der Waals surface area contributed by atoms with Crippen molar-refractivity contribution in [2.45, 2.75) is 18.9 Å². The molecule has 0 saturated carbocycles. The molecule has 1 aliphatic heterocycles. The molecule has 160 valence electrons. The number of anilines is 1. The first-order valence-electron chi connectivity index (χ1n) is 10.1. The second-order valence-corrected chi connectivity index (χ2v) is 10.0. The van der Waals surface area contributed by atoms with Gasteiger partial charge in [-0.2, -0.15) is 0 Å². The quantitative estimate of drug-likeness (QED) is 0.594. The molecule has 2 heterocycles. The van der Waals surface area contributed by atoms with Crippen molar-refractivity contribution in [3.8, 4) is 29.4 Å². The van der Waals surface area contributed by atoms with Crippen LogP contribution in [0.25, 0.3) is 22.0 Å². The van der Waals surface area contributed by atoms with Crippen molar-refractivity contribution >= 4 is 26.4 Å². The maximum atomic E-state index is 11.7. The molecule has 1 aliphatic rings. The molecule has 0 radical (unpaired) electrons. The van der Waals surface area contributed by atoms with E-state index in [1.165, 1.54) is 12.3 Å². The first-order chi connectivity index (χ1) is 14.8. The van der Waals surface area contributed by atoms with Gasteiger partial charge in [-0.05, 0) is 37.6 Å². The fourth-order valence-electron chi connectivity index (χ4n) is 4.05. The van der Waals surface area contributed by atoms with Gasteiger partial charge in [0.15, 0.2) is 15.7 Å². The summed E-state index contributed by atoms with van der Waals surface area (Å²) in [5.74, 6) is 3.27. The summed E-state index contributed by atoms with van der Waals surface area (Å²) in [6.45, 7) is 1.39. The van der Waals surface area contributed by atoms with Gasteiger partial charge in [-0.3, -0.25) is 4.90 Å². The van der Waals surface area contributed by atoms with Crippen LogP contribution in [0, 0.1) is 12.3 Å². The fraction of sp³-hybridized carbons (Fsp3) is 0.304. The minimum absolute atomic E-state index is 0.0549. The lowest BCUT2D eigenvalue weighted by atomic mass is 10.0. The van der Waals surface area contributed by atoms with Crippen LogP contribution in [0.2, 0.25) is 0 Å². The van der Waals surface area contributed by atoms with Crippen molar-refractivity contribution in [2.24, 2.45) is 0 Å². The number of hydrogen-bond acceptors (Lipinski definition) is 7. The van der Waals surface area contributed by atoms with Gasteiger partial charge < -0.3 is 10.4 Å². The molecule has 0 unspecified atom stereocenters. The highest BCUT2D eigenvalue weighted by Crippen LogP contribution is 2.35. The Kier molecular flexibility index (Phi) is 5.81. The Hall–Kier alpha value is -3.15. The minimum atomic E-state index is -3.07. The van der Waals surface area contributed by atoms with Crippen molar-refractivity contribution in [1.29, 1.82) is 0 Å². The zero-order chi connectivity index (χ0) is 22.0. The first-order valence-corrected chi connectivity index (χ1v) is 12.1. The Morgan fingerprint density at radius 1 is 1.23 bits per heavy atom. The topological polar surface area (TPSA) is 95.4 Å². The van der Waals surface area contributed by atoms with Crippen molar-refractivity contribution in [2.75, 3.05) is 30.5 Å². The number of likely N-dealkylation sites (tertiary alicyclic amines) is 1. The summed E-state index contributed by atoms with van der Waals surface area (Å²) >= 11 is 0. The number of piperidine rings is 1. The van der Waals surface area contributed by atoms with Gasteiger partial charge in [0, 0.05) is 40.7 Å². The first kappa shape index (κ1) is 21.1. The number of aromatic hydroxyl groups is 1. The number of sulfone groups is 1. The second-order valence-electron chi connectivity index (χ2n) is 7.93. The van der Waals surface area contributed by atoms with E-state index in [1.54, 1.807) is 12.1 Å². The summed E-state index contributed by atoms with van der Waals surface area (Å²) < 4.78 is 23.3. The molecule has 7 nitrogen and oxygen atoms in total. The fourth-order valence-corrected chi connectivity index (χ4v) is 4.94. The highest BCUT2D eigenvalue weighted by molar-refractivity contribution is 7.90. The van der Waals surface area contributed by atoms with Gasteiger partial charge in [-0.15, -0.1) is 16.6 Å². The van der Waals surface area contributed by atoms with Crippen LogP contribution in [0.3, 0.4) is 0 Å². The van der Waals surface area contributed by atoms with E-state index in [4.69, 9.17) is 6.42 Å². The summed E-state index contributed by atoms with van der Waals surface area (Å²) in [5, 5.41) is 24.5. The van der Waals surface area contributed by atoms with Crippen LogP contribution in [-0.4, -0.2) is 59.9 Å². The number of rotatable bonds is 5. The molecular weight excluding hydrogens is 412 g/mol. The van der Waals surface area contributed by atoms with E-state index in [1.807, 2.05) is 29.2 Å². The van der Waals surface area contributed by atoms with Gasteiger partial charge in [-0.1, -0.05) is 30.2 Å². The third-order valence-electron chi connectivity index (χ3n) is 5.37. The number of nitrogens with one attached hydrogen (secondary N) is 1. The zero-order valence-electron chi connectivity index (χ0n) is 17.2. The van der Waals surface area contributed by atoms with Crippen molar-refractivity contribution in [1.82, 2.24) is 15.1 Å². The monoisotopic (exact) mass is 436 g/mol. The van der Waals surface area contributed by atoms with Crippen LogP contribution in [0.15, 0.2) is 42.5 Å². The Morgan fingerprint density at radius 3 is 2.71 bits per heavy atom. The zero-order valence-corrected chi connectivity index (χ0v) is 18.1. The number of nitrogens with zero attached hydrogens (tertiary/aromatic N) is 3. The minimum Gasteiger partial charge on any atom is -0.507 e. The number of phenols is 1. The van der Waals surface area contributed by atoms with Gasteiger partial charge in [0.2, 0.25) is 0 Å². The third-order valence-corrected chi connectivity index (χ3v) is 6.20. The maximum absolute atomic E-state index is 11.7. The van der Waals surface area contributed by atoms with Gasteiger partial charge in [-0.25, -0.2) is 8.42 Å². The number of phenolic OH excluding ortho intramolecular Hbond substituents is 1. The molecule has 3 aromatic rings. The van der Waals surface area contributed by atoms with Crippen LogP contribution >= 0.6 is 0 Å². The van der Waals surface area contributed by atoms with E-state index in [0.717, 1.165) is 30.2 Å². The van der Waals surface area contributed by atoms with Gasteiger partial charge in [0.25, 0.3) is 0 Å². The van der Waals surface area contributed by atoms with Crippen molar-refractivity contribution < 1.29 is 13.5 Å². The standard InChI is InChI=1S/C23H24N4O3S/c1-3-16-10-11-20(21(28)13-16)22-18-8-4-5-9-19(18)23(26-25-22)24-17-7-6-12-27(14-17)15-31(2,29)30/h1,4-5,8-11,13,17,28H,6-7,12,14-15H2,2H3,(H,24,26)/t17-/m1/s1. The molecule has 1 aromatic heterocycles. The molecule has 4 rings (SSSR count). The number of hydrogen-bond donors (Lipinski definition) is 2. The number of terminal acetylenes is 1. The average Bonchev–Trinajstić information content (AvgIpc) is 2.73. The molecule has 31 heavy (non-hydrogen) atoms. The number of benzene rings is 2. The molecule has 1 fully saturated rings. The lowest BCUT2D eigenvalue weighted by Gasteiger charge is -2.32. The highest BCUT2D eigenvalue weighted by atomic mass is 32.2. The van der Waals surface area contributed by atoms with Gasteiger partial charge in [0.05, 0.1) is 0 Å². The number of fused-ring (bicyclic) bond motifs is 1. The SMILES string of the molecule is C#Cc1ccc(-c2nnc(N[C@@H]3CCCN(CS(C)(=O)=O)C3)c3ccccc23)c(O)c1. The van der Waals surface area contributed by atoms with E-state index in [9.17, 15) is 13.5 Å². The Morgan fingerprint density at radius 2 is 2.00 bits per heavy atom. The molecule has 0 bridgehead atoms. The van der Waals surface area contributed by atoms with E-state index >= 15 is 0 Å².